The third kappa shape index (κ3) is 19.0. The van der Waals surface area contributed by atoms with Crippen LogP contribution >= 0.6 is 0 Å². The molecular weight excluding hydrogens is 332 g/mol. The first-order chi connectivity index (χ1) is 12.2. The van der Waals surface area contributed by atoms with Crippen LogP contribution in [0.4, 0.5) is 0 Å². The van der Waals surface area contributed by atoms with Gasteiger partial charge in [-0.2, -0.15) is 0 Å². The topological polar surface area (TPSA) is 112 Å². The molecule has 0 rings (SSSR count). The Morgan fingerprint density at radius 2 is 0.960 bits per heavy atom. The number of ether oxygens (including phenoxy) is 4. The summed E-state index contributed by atoms with van der Waals surface area (Å²) in [5.74, 6) is -0.473. The number of carbonyl (C=O) groups is 2. The third-order valence-corrected chi connectivity index (χ3v) is 3.21. The summed E-state index contributed by atoms with van der Waals surface area (Å²) in [5.41, 5.74) is 0. The Labute approximate surface area is 149 Å². The monoisotopic (exact) mass is 364 g/mol. The highest BCUT2D eigenvalue weighted by molar-refractivity contribution is 5.69. The molecule has 2 N–H and O–H groups in total. The molecule has 0 saturated heterocycles. The molecule has 25 heavy (non-hydrogen) atoms. The van der Waals surface area contributed by atoms with Crippen LogP contribution in [0.15, 0.2) is 0 Å². The molecule has 0 aliphatic rings. The maximum absolute atomic E-state index is 11.4. The molecule has 0 aromatic heterocycles. The van der Waals surface area contributed by atoms with Gasteiger partial charge in [-0.1, -0.05) is 19.3 Å². The van der Waals surface area contributed by atoms with Crippen LogP contribution in [0.2, 0.25) is 0 Å². The summed E-state index contributed by atoms with van der Waals surface area (Å²) in [5, 5.41) is 17.0. The number of hydrogen-bond acceptors (Lipinski definition) is 8. The molecule has 0 saturated carbocycles. The first kappa shape index (κ1) is 23.8. The fourth-order valence-corrected chi connectivity index (χ4v) is 1.98. The zero-order chi connectivity index (χ0) is 18.6. The van der Waals surface area contributed by atoms with Crippen molar-refractivity contribution < 1.29 is 38.7 Å². The molecule has 0 unspecified atom stereocenters. The first-order valence-electron chi connectivity index (χ1n) is 8.89. The van der Waals surface area contributed by atoms with Crippen LogP contribution in [-0.2, 0) is 28.5 Å². The van der Waals surface area contributed by atoms with Crippen molar-refractivity contribution in [3.63, 3.8) is 0 Å². The zero-order valence-corrected chi connectivity index (χ0v) is 15.0. The molecule has 0 aromatic carbocycles. The first-order valence-corrected chi connectivity index (χ1v) is 8.89. The van der Waals surface area contributed by atoms with Crippen molar-refractivity contribution >= 4 is 11.9 Å². The predicted molar refractivity (Wildman–Crippen MR) is 90.0 cm³/mol. The molecule has 0 bridgehead atoms. The van der Waals surface area contributed by atoms with Gasteiger partial charge in [-0.3, -0.25) is 9.59 Å². The van der Waals surface area contributed by atoms with E-state index in [2.05, 4.69) is 0 Å². The fraction of sp³-hybridized carbons (Fsp3) is 0.882. The largest absolute Gasteiger partial charge is 0.463 e. The summed E-state index contributed by atoms with van der Waals surface area (Å²) < 4.78 is 19.9. The number of unbranched alkanes of at least 4 members (excludes halogenated alkanes) is 4. The van der Waals surface area contributed by atoms with E-state index in [0.29, 0.717) is 26.1 Å². The Morgan fingerprint density at radius 1 is 0.560 bits per heavy atom. The van der Waals surface area contributed by atoms with E-state index >= 15 is 0 Å². The number of rotatable bonds is 18. The predicted octanol–water partition coefficient (Wildman–Crippen LogP) is 0.821. The normalized spacial score (nSPS) is 10.6. The van der Waals surface area contributed by atoms with Gasteiger partial charge in [-0.25, -0.2) is 0 Å². The summed E-state index contributed by atoms with van der Waals surface area (Å²) in [6, 6.07) is 0. The zero-order valence-electron chi connectivity index (χ0n) is 15.0. The minimum absolute atomic E-state index is 0.0370. The Morgan fingerprint density at radius 3 is 1.36 bits per heavy atom. The van der Waals surface area contributed by atoms with E-state index in [-0.39, 0.29) is 51.6 Å². The van der Waals surface area contributed by atoms with E-state index < -0.39 is 0 Å². The van der Waals surface area contributed by atoms with Crippen molar-refractivity contribution in [3.8, 4) is 0 Å². The second kappa shape index (κ2) is 19.1. The Hall–Kier alpha value is -1.22. The van der Waals surface area contributed by atoms with Crippen molar-refractivity contribution in [2.75, 3.05) is 52.9 Å². The van der Waals surface area contributed by atoms with E-state index in [1.54, 1.807) is 0 Å². The third-order valence-electron chi connectivity index (χ3n) is 3.21. The Bertz CT molecular complexity index is 292. The molecule has 148 valence electrons. The number of esters is 2. The highest BCUT2D eigenvalue weighted by Gasteiger charge is 2.04. The Kier molecular flexibility index (Phi) is 18.2. The van der Waals surface area contributed by atoms with Crippen LogP contribution in [0.25, 0.3) is 0 Å². The van der Waals surface area contributed by atoms with Crippen LogP contribution in [0.3, 0.4) is 0 Å². The van der Waals surface area contributed by atoms with Gasteiger partial charge in [0.15, 0.2) is 0 Å². The summed E-state index contributed by atoms with van der Waals surface area (Å²) in [6.45, 7) is 1.46. The molecule has 0 radical (unpaired) electrons. The summed E-state index contributed by atoms with van der Waals surface area (Å²) >= 11 is 0. The smallest absolute Gasteiger partial charge is 0.305 e. The quantitative estimate of drug-likeness (QED) is 0.272. The SMILES string of the molecule is O=C(CCCCCCCC(=O)OCCOCCO)OCCOCCO. The van der Waals surface area contributed by atoms with E-state index in [4.69, 9.17) is 29.2 Å². The average Bonchev–Trinajstić information content (AvgIpc) is 2.60. The van der Waals surface area contributed by atoms with Crippen molar-refractivity contribution in [2.24, 2.45) is 0 Å². The highest BCUT2D eigenvalue weighted by Crippen LogP contribution is 2.08. The lowest BCUT2D eigenvalue weighted by Crippen LogP contribution is -2.12. The van der Waals surface area contributed by atoms with Crippen molar-refractivity contribution in [3.05, 3.63) is 0 Å². The average molecular weight is 364 g/mol. The van der Waals surface area contributed by atoms with E-state index in [9.17, 15) is 9.59 Å². The van der Waals surface area contributed by atoms with Gasteiger partial charge in [0.1, 0.15) is 13.2 Å². The van der Waals surface area contributed by atoms with Gasteiger partial charge in [-0.05, 0) is 12.8 Å². The fourth-order valence-electron chi connectivity index (χ4n) is 1.98. The highest BCUT2D eigenvalue weighted by atomic mass is 16.6. The minimum atomic E-state index is -0.236. The van der Waals surface area contributed by atoms with E-state index in [1.165, 1.54) is 0 Å². The molecule has 0 heterocycles. The lowest BCUT2D eigenvalue weighted by molar-refractivity contribution is -0.146. The van der Waals surface area contributed by atoms with Gasteiger partial charge in [-0.15, -0.1) is 0 Å². The van der Waals surface area contributed by atoms with Crippen LogP contribution < -0.4 is 0 Å². The molecule has 0 atom stereocenters. The number of hydrogen-bond donors (Lipinski definition) is 2. The van der Waals surface area contributed by atoms with Gasteiger partial charge in [0.25, 0.3) is 0 Å². The molecule has 8 nitrogen and oxygen atoms in total. The lowest BCUT2D eigenvalue weighted by Gasteiger charge is -2.06. The van der Waals surface area contributed by atoms with Crippen LogP contribution in [0.5, 0.6) is 0 Å². The van der Waals surface area contributed by atoms with Crippen LogP contribution in [0, 0.1) is 0 Å². The standard InChI is InChI=1S/C17H32O8/c18-8-10-22-12-14-24-16(20)6-4-2-1-3-5-7-17(21)25-15-13-23-11-9-19/h18-19H,1-15H2. The van der Waals surface area contributed by atoms with Crippen molar-refractivity contribution in [1.29, 1.82) is 0 Å². The number of carbonyl (C=O) groups excluding carboxylic acids is 2. The van der Waals surface area contributed by atoms with E-state index in [1.807, 2.05) is 0 Å². The molecule has 0 aliphatic heterocycles. The van der Waals surface area contributed by atoms with Gasteiger partial charge in [0, 0.05) is 12.8 Å². The second-order valence-electron chi connectivity index (χ2n) is 5.38. The molecule has 0 spiro atoms. The molecule has 0 fully saturated rings. The van der Waals surface area contributed by atoms with Crippen molar-refractivity contribution in [1.82, 2.24) is 0 Å². The van der Waals surface area contributed by atoms with Crippen LogP contribution in [0.1, 0.15) is 44.9 Å². The molecule has 8 heteroatoms. The molecular formula is C17H32O8. The van der Waals surface area contributed by atoms with E-state index in [0.717, 1.165) is 32.1 Å². The molecule has 0 aliphatic carbocycles. The number of aliphatic hydroxyl groups is 2. The summed E-state index contributed by atoms with van der Waals surface area (Å²) in [7, 11) is 0. The molecule has 0 aromatic rings. The maximum Gasteiger partial charge on any atom is 0.305 e. The van der Waals surface area contributed by atoms with Crippen LogP contribution in [-0.4, -0.2) is 75.0 Å². The van der Waals surface area contributed by atoms with Gasteiger partial charge < -0.3 is 29.2 Å². The van der Waals surface area contributed by atoms with Gasteiger partial charge in [0.05, 0.1) is 39.6 Å². The molecule has 0 amide bonds. The number of aliphatic hydroxyl groups excluding tert-OH is 2. The maximum atomic E-state index is 11.4. The Balaban J connectivity index is 3.26. The van der Waals surface area contributed by atoms with Gasteiger partial charge >= 0.3 is 11.9 Å². The lowest BCUT2D eigenvalue weighted by atomic mass is 10.1. The summed E-state index contributed by atoms with van der Waals surface area (Å²) in [4.78, 5) is 22.8. The van der Waals surface area contributed by atoms with Gasteiger partial charge in [0.2, 0.25) is 0 Å². The second-order valence-corrected chi connectivity index (χ2v) is 5.38. The minimum Gasteiger partial charge on any atom is -0.463 e. The van der Waals surface area contributed by atoms with Crippen molar-refractivity contribution in [2.45, 2.75) is 44.9 Å². The summed E-state index contributed by atoms with van der Waals surface area (Å²) in [6.07, 6.45) is 5.10.